The maximum absolute atomic E-state index is 13.0. The zero-order valence-corrected chi connectivity index (χ0v) is 18.5. The van der Waals surface area contributed by atoms with Gasteiger partial charge in [-0.1, -0.05) is 18.2 Å². The van der Waals surface area contributed by atoms with Crippen LogP contribution in [0.3, 0.4) is 0 Å². The van der Waals surface area contributed by atoms with Crippen LogP contribution in [0.25, 0.3) is 11.0 Å². The first kappa shape index (κ1) is 21.9. The number of alkyl halides is 3. The number of halogens is 3. The summed E-state index contributed by atoms with van der Waals surface area (Å²) in [5, 5.41) is 5.67. The van der Waals surface area contributed by atoms with Gasteiger partial charge in [-0.25, -0.2) is 9.67 Å². The van der Waals surface area contributed by atoms with Gasteiger partial charge in [-0.3, -0.25) is 9.69 Å². The third-order valence-electron chi connectivity index (χ3n) is 6.53. The Morgan fingerprint density at radius 3 is 2.58 bits per heavy atom. The molecule has 2 fully saturated rings. The number of aryl methyl sites for hydroxylation is 1. The normalized spacial score (nSPS) is 17.6. The molecule has 0 atom stereocenters. The van der Waals surface area contributed by atoms with Crippen LogP contribution in [0.1, 0.15) is 41.1 Å². The lowest BCUT2D eigenvalue weighted by atomic mass is 10.1. The Balaban J connectivity index is 1.21. The number of benzene rings is 1. The highest BCUT2D eigenvalue weighted by molar-refractivity contribution is 5.85. The highest BCUT2D eigenvalue weighted by atomic mass is 19.4. The van der Waals surface area contributed by atoms with Crippen molar-refractivity contribution < 1.29 is 18.0 Å². The standard InChI is InChI=1S/C24H26F3N5O/c1-16-22-20(18-5-6-18)7-8-28-23(22)32(29-16)15-21(33)31-11-9-30(10-12-31)14-17-3-2-4-19(13-17)24(25,26)27/h2-4,7-8,13,18H,5-6,9-12,14-15H2,1H3. The number of hydrogen-bond donors (Lipinski definition) is 0. The van der Waals surface area contributed by atoms with Crippen molar-refractivity contribution in [1.82, 2.24) is 24.6 Å². The minimum absolute atomic E-state index is 0.0169. The van der Waals surface area contributed by atoms with Gasteiger partial charge in [0, 0.05) is 44.3 Å². The van der Waals surface area contributed by atoms with Gasteiger partial charge in [0.05, 0.1) is 11.3 Å². The number of piperazine rings is 1. The molecule has 33 heavy (non-hydrogen) atoms. The van der Waals surface area contributed by atoms with Crippen molar-refractivity contribution in [2.75, 3.05) is 26.2 Å². The number of fused-ring (bicyclic) bond motifs is 1. The molecule has 0 N–H and O–H groups in total. The molecule has 174 valence electrons. The van der Waals surface area contributed by atoms with Crippen molar-refractivity contribution in [3.8, 4) is 0 Å². The number of amides is 1. The number of carbonyl (C=O) groups is 1. The van der Waals surface area contributed by atoms with Crippen molar-refractivity contribution >= 4 is 16.9 Å². The van der Waals surface area contributed by atoms with Gasteiger partial charge < -0.3 is 4.90 Å². The summed E-state index contributed by atoms with van der Waals surface area (Å²) < 4.78 is 40.6. The highest BCUT2D eigenvalue weighted by Gasteiger charge is 2.31. The Bertz CT molecular complexity index is 1180. The summed E-state index contributed by atoms with van der Waals surface area (Å²) in [6.45, 7) is 4.84. The van der Waals surface area contributed by atoms with Gasteiger partial charge in [0.1, 0.15) is 6.54 Å². The number of nitrogens with zero attached hydrogens (tertiary/aromatic N) is 5. The summed E-state index contributed by atoms with van der Waals surface area (Å²) in [6, 6.07) is 7.50. The first-order chi connectivity index (χ1) is 15.8. The summed E-state index contributed by atoms with van der Waals surface area (Å²) in [5.74, 6) is 0.559. The molecular weight excluding hydrogens is 431 g/mol. The van der Waals surface area contributed by atoms with E-state index in [-0.39, 0.29) is 12.5 Å². The Labute approximate surface area is 190 Å². The van der Waals surface area contributed by atoms with E-state index < -0.39 is 11.7 Å². The van der Waals surface area contributed by atoms with Crippen LogP contribution in [0, 0.1) is 6.92 Å². The van der Waals surface area contributed by atoms with E-state index in [1.807, 2.05) is 6.92 Å². The van der Waals surface area contributed by atoms with Gasteiger partial charge in [-0.2, -0.15) is 18.3 Å². The zero-order valence-electron chi connectivity index (χ0n) is 18.5. The van der Waals surface area contributed by atoms with Gasteiger partial charge in [0.15, 0.2) is 5.65 Å². The molecule has 1 aromatic carbocycles. The smallest absolute Gasteiger partial charge is 0.339 e. The van der Waals surface area contributed by atoms with Crippen LogP contribution in [-0.4, -0.2) is 56.7 Å². The number of rotatable bonds is 5. The fourth-order valence-corrected chi connectivity index (χ4v) is 4.64. The minimum Gasteiger partial charge on any atom is -0.339 e. The molecule has 1 aliphatic heterocycles. The molecule has 9 heteroatoms. The Kier molecular flexibility index (Phi) is 5.60. The van der Waals surface area contributed by atoms with E-state index in [0.29, 0.717) is 44.2 Å². The first-order valence-corrected chi connectivity index (χ1v) is 11.3. The van der Waals surface area contributed by atoms with Gasteiger partial charge in [-0.15, -0.1) is 0 Å². The van der Waals surface area contributed by atoms with Crippen LogP contribution < -0.4 is 0 Å². The van der Waals surface area contributed by atoms with Gasteiger partial charge >= 0.3 is 6.18 Å². The predicted octanol–water partition coefficient (Wildman–Crippen LogP) is 3.98. The summed E-state index contributed by atoms with van der Waals surface area (Å²) >= 11 is 0. The van der Waals surface area contributed by atoms with Crippen LogP contribution >= 0.6 is 0 Å². The van der Waals surface area contributed by atoms with Crippen molar-refractivity contribution in [2.45, 2.75) is 44.9 Å². The number of aromatic nitrogens is 3. The highest BCUT2D eigenvalue weighted by Crippen LogP contribution is 2.43. The summed E-state index contributed by atoms with van der Waals surface area (Å²) in [7, 11) is 0. The van der Waals surface area contributed by atoms with Gasteiger partial charge in [0.2, 0.25) is 5.91 Å². The second-order valence-electron chi connectivity index (χ2n) is 8.97. The van der Waals surface area contributed by atoms with Crippen LogP contribution in [-0.2, 0) is 24.1 Å². The lowest BCUT2D eigenvalue weighted by Crippen LogP contribution is -2.49. The predicted molar refractivity (Wildman–Crippen MR) is 118 cm³/mol. The lowest BCUT2D eigenvalue weighted by molar-refractivity contribution is -0.137. The van der Waals surface area contributed by atoms with Crippen molar-refractivity contribution in [2.24, 2.45) is 0 Å². The molecule has 2 aliphatic rings. The fourth-order valence-electron chi connectivity index (χ4n) is 4.64. The molecule has 2 aromatic heterocycles. The summed E-state index contributed by atoms with van der Waals surface area (Å²) in [4.78, 5) is 21.3. The van der Waals surface area contributed by atoms with E-state index in [0.717, 1.165) is 22.8 Å². The topological polar surface area (TPSA) is 54.3 Å². The van der Waals surface area contributed by atoms with E-state index >= 15 is 0 Å². The van der Waals surface area contributed by atoms with Crippen LogP contribution in [0.4, 0.5) is 13.2 Å². The molecule has 1 saturated carbocycles. The lowest BCUT2D eigenvalue weighted by Gasteiger charge is -2.34. The third-order valence-corrected chi connectivity index (χ3v) is 6.53. The van der Waals surface area contributed by atoms with E-state index in [1.54, 1.807) is 21.8 Å². The first-order valence-electron chi connectivity index (χ1n) is 11.3. The summed E-state index contributed by atoms with van der Waals surface area (Å²) in [6.07, 6.45) is -0.171. The van der Waals surface area contributed by atoms with Crippen LogP contribution in [0.2, 0.25) is 0 Å². The monoisotopic (exact) mass is 457 g/mol. The molecule has 0 radical (unpaired) electrons. The average Bonchev–Trinajstić information content (AvgIpc) is 3.59. The molecule has 3 aromatic rings. The van der Waals surface area contributed by atoms with Crippen molar-refractivity contribution in [3.63, 3.8) is 0 Å². The Morgan fingerprint density at radius 2 is 1.88 bits per heavy atom. The second-order valence-corrected chi connectivity index (χ2v) is 8.97. The molecule has 0 unspecified atom stereocenters. The Hall–Kier alpha value is -2.94. The molecule has 0 spiro atoms. The zero-order chi connectivity index (χ0) is 23.2. The molecule has 1 aliphatic carbocycles. The maximum Gasteiger partial charge on any atom is 0.416 e. The van der Waals surface area contributed by atoms with E-state index in [1.165, 1.54) is 30.5 Å². The van der Waals surface area contributed by atoms with E-state index in [2.05, 4.69) is 21.0 Å². The molecule has 1 amide bonds. The molecular formula is C24H26F3N5O. The quantitative estimate of drug-likeness (QED) is 0.582. The molecule has 0 bridgehead atoms. The summed E-state index contributed by atoms with van der Waals surface area (Å²) in [5.41, 5.74) is 2.93. The van der Waals surface area contributed by atoms with Crippen molar-refractivity contribution in [3.05, 3.63) is 58.9 Å². The minimum atomic E-state index is -4.34. The second kappa shape index (κ2) is 8.44. The van der Waals surface area contributed by atoms with Crippen LogP contribution in [0.5, 0.6) is 0 Å². The molecule has 6 nitrogen and oxygen atoms in total. The Morgan fingerprint density at radius 1 is 1.12 bits per heavy atom. The number of pyridine rings is 1. The van der Waals surface area contributed by atoms with E-state index in [4.69, 9.17) is 0 Å². The third kappa shape index (κ3) is 4.59. The average molecular weight is 458 g/mol. The molecule has 5 rings (SSSR count). The molecule has 1 saturated heterocycles. The number of carbonyl (C=O) groups excluding carboxylic acids is 1. The van der Waals surface area contributed by atoms with Gasteiger partial charge in [-0.05, 0) is 48.9 Å². The SMILES string of the molecule is Cc1nn(CC(=O)N2CCN(Cc3cccc(C(F)(F)F)c3)CC2)c2nccc(C3CC3)c12. The van der Waals surface area contributed by atoms with Crippen molar-refractivity contribution in [1.29, 1.82) is 0 Å². The maximum atomic E-state index is 13.0. The fraction of sp³-hybridized carbons (Fsp3) is 0.458. The van der Waals surface area contributed by atoms with E-state index in [9.17, 15) is 18.0 Å². The largest absolute Gasteiger partial charge is 0.416 e. The molecule has 3 heterocycles. The van der Waals surface area contributed by atoms with Gasteiger partial charge in [0.25, 0.3) is 0 Å². The van der Waals surface area contributed by atoms with Crippen LogP contribution in [0.15, 0.2) is 36.5 Å². The number of hydrogen-bond acceptors (Lipinski definition) is 4.